The summed E-state index contributed by atoms with van der Waals surface area (Å²) in [4.78, 5) is 18.1. The zero-order valence-corrected chi connectivity index (χ0v) is 11.5. The molecule has 3 N–H and O–H groups in total. The molecule has 0 aliphatic rings. The van der Waals surface area contributed by atoms with Crippen LogP contribution in [0.3, 0.4) is 0 Å². The second kappa shape index (κ2) is 5.56. The molecule has 0 atom stereocenters. The van der Waals surface area contributed by atoms with Crippen LogP contribution in [0, 0.1) is 5.41 Å². The summed E-state index contributed by atoms with van der Waals surface area (Å²) in [5.41, 5.74) is 6.66. The Labute approximate surface area is 117 Å². The molecule has 6 nitrogen and oxygen atoms in total. The first kappa shape index (κ1) is 13.8. The lowest BCUT2D eigenvalue weighted by Gasteiger charge is -2.21. The Balaban J connectivity index is 2.55. The van der Waals surface area contributed by atoms with Crippen molar-refractivity contribution in [3.8, 4) is 0 Å². The van der Waals surface area contributed by atoms with Gasteiger partial charge in [-0.2, -0.15) is 0 Å². The van der Waals surface area contributed by atoms with E-state index in [1.54, 1.807) is 47.1 Å². The third-order valence-corrected chi connectivity index (χ3v) is 3.11. The van der Waals surface area contributed by atoms with E-state index in [-0.39, 0.29) is 11.4 Å². The summed E-state index contributed by atoms with van der Waals surface area (Å²) in [6.45, 7) is 2.48. The van der Waals surface area contributed by atoms with Crippen LogP contribution in [-0.2, 0) is 6.54 Å². The highest BCUT2D eigenvalue weighted by molar-refractivity contribution is 6.01. The van der Waals surface area contributed by atoms with Crippen molar-refractivity contribution < 1.29 is 0 Å². The van der Waals surface area contributed by atoms with Gasteiger partial charge < -0.3 is 15.2 Å². The molecule has 0 bridgehead atoms. The Bertz CT molecular complexity index is 692. The van der Waals surface area contributed by atoms with Crippen molar-refractivity contribution in [2.75, 3.05) is 11.9 Å². The molecule has 20 heavy (non-hydrogen) atoms. The highest BCUT2D eigenvalue weighted by Gasteiger charge is 2.15. The minimum absolute atomic E-state index is 0.0424. The molecular formula is C14H17N5O. The lowest BCUT2D eigenvalue weighted by atomic mass is 10.1. The van der Waals surface area contributed by atoms with Gasteiger partial charge >= 0.3 is 0 Å². The zero-order valence-electron chi connectivity index (χ0n) is 11.5. The second-order valence-corrected chi connectivity index (χ2v) is 4.33. The molecule has 0 unspecified atom stereocenters. The molecular weight excluding hydrogens is 254 g/mol. The van der Waals surface area contributed by atoms with E-state index < -0.39 is 0 Å². The third kappa shape index (κ3) is 2.40. The molecule has 0 radical (unpaired) electrons. The minimum atomic E-state index is -0.171. The number of aromatic nitrogens is 2. The van der Waals surface area contributed by atoms with Gasteiger partial charge in [-0.3, -0.25) is 10.2 Å². The van der Waals surface area contributed by atoms with Gasteiger partial charge in [0, 0.05) is 31.5 Å². The van der Waals surface area contributed by atoms with Gasteiger partial charge in [0.25, 0.3) is 5.56 Å². The fraction of sp³-hybridized carbons (Fsp3) is 0.214. The molecule has 2 aromatic rings. The van der Waals surface area contributed by atoms with Gasteiger partial charge in [-0.15, -0.1) is 0 Å². The van der Waals surface area contributed by atoms with Crippen molar-refractivity contribution >= 4 is 17.3 Å². The predicted molar refractivity (Wildman–Crippen MR) is 79.7 cm³/mol. The fourth-order valence-corrected chi connectivity index (χ4v) is 2.02. The largest absolute Gasteiger partial charge is 0.384 e. The average Bonchev–Trinajstić information content (AvgIpc) is 2.46. The normalized spacial score (nSPS) is 10.3. The topological polar surface area (TPSA) is 88.0 Å². The van der Waals surface area contributed by atoms with Crippen LogP contribution < -0.4 is 16.2 Å². The SMILES string of the molecule is CCn1ccnc(N(C)c2ccccc2C(=N)N)c1=O. The standard InChI is InChI=1S/C14H17N5O/c1-3-19-9-8-17-13(14(19)20)18(2)11-7-5-4-6-10(11)12(15)16/h4-9H,3H2,1-2H3,(H3,15,16). The van der Waals surface area contributed by atoms with Crippen molar-refractivity contribution in [3.05, 3.63) is 52.6 Å². The van der Waals surface area contributed by atoms with Gasteiger partial charge in [-0.05, 0) is 19.1 Å². The summed E-state index contributed by atoms with van der Waals surface area (Å²) in [6.07, 6.45) is 3.24. The van der Waals surface area contributed by atoms with E-state index in [1.807, 2.05) is 13.0 Å². The van der Waals surface area contributed by atoms with Crippen LogP contribution in [0.2, 0.25) is 0 Å². The number of nitrogens with one attached hydrogen (secondary N) is 1. The van der Waals surface area contributed by atoms with Gasteiger partial charge in [-0.25, -0.2) is 4.98 Å². The maximum Gasteiger partial charge on any atom is 0.293 e. The molecule has 6 heteroatoms. The second-order valence-electron chi connectivity index (χ2n) is 4.33. The number of nitrogens with two attached hydrogens (primary N) is 1. The molecule has 1 aromatic heterocycles. The number of nitrogens with zero attached hydrogens (tertiary/aromatic N) is 3. The molecule has 0 fully saturated rings. The molecule has 0 amide bonds. The fourth-order valence-electron chi connectivity index (χ4n) is 2.02. The monoisotopic (exact) mass is 271 g/mol. The number of anilines is 2. The molecule has 0 spiro atoms. The first-order chi connectivity index (χ1) is 9.56. The van der Waals surface area contributed by atoms with Gasteiger partial charge in [0.1, 0.15) is 5.84 Å². The average molecular weight is 271 g/mol. The van der Waals surface area contributed by atoms with E-state index >= 15 is 0 Å². The van der Waals surface area contributed by atoms with Gasteiger partial charge in [-0.1, -0.05) is 12.1 Å². The van der Waals surface area contributed by atoms with Gasteiger partial charge in [0.15, 0.2) is 5.82 Å². The minimum Gasteiger partial charge on any atom is -0.384 e. The van der Waals surface area contributed by atoms with E-state index in [0.717, 1.165) is 0 Å². The number of para-hydroxylation sites is 1. The molecule has 0 aliphatic carbocycles. The van der Waals surface area contributed by atoms with Crippen LogP contribution >= 0.6 is 0 Å². The summed E-state index contributed by atoms with van der Waals surface area (Å²) in [7, 11) is 1.74. The maximum atomic E-state index is 12.3. The van der Waals surface area contributed by atoms with Crippen LogP contribution in [0.5, 0.6) is 0 Å². The number of hydrogen-bond acceptors (Lipinski definition) is 4. The first-order valence-electron chi connectivity index (χ1n) is 6.28. The molecule has 0 saturated heterocycles. The van der Waals surface area contributed by atoms with Crippen LogP contribution in [0.4, 0.5) is 11.5 Å². The predicted octanol–water partition coefficient (Wildman–Crippen LogP) is 1.32. The van der Waals surface area contributed by atoms with E-state index in [2.05, 4.69) is 4.98 Å². The molecule has 104 valence electrons. The highest BCUT2D eigenvalue weighted by Crippen LogP contribution is 2.23. The van der Waals surface area contributed by atoms with Crippen LogP contribution in [-0.4, -0.2) is 22.4 Å². The highest BCUT2D eigenvalue weighted by atomic mass is 16.1. The molecule has 0 aliphatic heterocycles. The summed E-state index contributed by atoms with van der Waals surface area (Å²) in [5.74, 6) is 0.266. The van der Waals surface area contributed by atoms with E-state index in [4.69, 9.17) is 11.1 Å². The summed E-state index contributed by atoms with van der Waals surface area (Å²) >= 11 is 0. The molecule has 0 saturated carbocycles. The lowest BCUT2D eigenvalue weighted by Crippen LogP contribution is -2.28. The Kier molecular flexibility index (Phi) is 3.84. The van der Waals surface area contributed by atoms with Crippen LogP contribution in [0.1, 0.15) is 12.5 Å². The third-order valence-electron chi connectivity index (χ3n) is 3.11. The van der Waals surface area contributed by atoms with E-state index in [1.165, 1.54) is 0 Å². The Morgan fingerprint density at radius 3 is 2.80 bits per heavy atom. The first-order valence-corrected chi connectivity index (χ1v) is 6.28. The van der Waals surface area contributed by atoms with Crippen molar-refractivity contribution in [3.63, 3.8) is 0 Å². The Morgan fingerprint density at radius 2 is 2.15 bits per heavy atom. The number of rotatable bonds is 4. The van der Waals surface area contributed by atoms with E-state index in [9.17, 15) is 4.79 Å². The summed E-state index contributed by atoms with van der Waals surface area (Å²) in [6, 6.07) is 7.19. The lowest BCUT2D eigenvalue weighted by molar-refractivity contribution is 0.716. The number of hydrogen-bond donors (Lipinski definition) is 2. The molecule has 2 rings (SSSR count). The number of nitrogen functional groups attached to an aromatic ring is 1. The molecule has 1 heterocycles. The van der Waals surface area contributed by atoms with Crippen molar-refractivity contribution in [2.45, 2.75) is 13.5 Å². The quantitative estimate of drug-likeness (QED) is 0.648. The van der Waals surface area contributed by atoms with Crippen LogP contribution in [0.25, 0.3) is 0 Å². The number of benzene rings is 1. The smallest absolute Gasteiger partial charge is 0.293 e. The number of amidine groups is 1. The van der Waals surface area contributed by atoms with E-state index in [0.29, 0.717) is 23.6 Å². The Morgan fingerprint density at radius 1 is 1.45 bits per heavy atom. The van der Waals surface area contributed by atoms with Gasteiger partial charge in [0.2, 0.25) is 0 Å². The zero-order chi connectivity index (χ0) is 14.7. The van der Waals surface area contributed by atoms with Gasteiger partial charge in [0.05, 0.1) is 5.69 Å². The van der Waals surface area contributed by atoms with Crippen LogP contribution in [0.15, 0.2) is 41.5 Å². The van der Waals surface area contributed by atoms with Crippen molar-refractivity contribution in [2.24, 2.45) is 5.73 Å². The maximum absolute atomic E-state index is 12.3. The molecule has 1 aromatic carbocycles. The Hall–Kier alpha value is -2.63. The summed E-state index contributed by atoms with van der Waals surface area (Å²) in [5, 5.41) is 7.61. The summed E-state index contributed by atoms with van der Waals surface area (Å²) < 4.78 is 1.58. The van der Waals surface area contributed by atoms with Crippen molar-refractivity contribution in [1.29, 1.82) is 5.41 Å². The van der Waals surface area contributed by atoms with Crippen molar-refractivity contribution in [1.82, 2.24) is 9.55 Å². The number of aryl methyl sites for hydroxylation is 1.